The number of rotatable bonds is 1. The fourth-order valence-corrected chi connectivity index (χ4v) is 2.35. The van der Waals surface area contributed by atoms with Gasteiger partial charge in [0.1, 0.15) is 0 Å². The fourth-order valence-electron chi connectivity index (χ4n) is 1.05. The predicted octanol–water partition coefficient (Wildman–Crippen LogP) is 3.87. The maximum absolute atomic E-state index is 5.18. The van der Waals surface area contributed by atoms with E-state index in [-0.39, 0.29) is 0 Å². The van der Waals surface area contributed by atoms with Crippen molar-refractivity contribution in [3.05, 3.63) is 39.7 Å². The molecule has 66 valence electrons. The number of aromatic nitrogens is 1. The van der Waals surface area contributed by atoms with Gasteiger partial charge in [-0.05, 0) is 18.2 Å². The minimum absolute atomic E-state index is 0.766. The minimum Gasteiger partial charge on any atom is -0.444 e. The number of oxazole rings is 1. The summed E-state index contributed by atoms with van der Waals surface area (Å²) in [6, 6.07) is 5.93. The van der Waals surface area contributed by atoms with Crippen molar-refractivity contribution in [1.29, 1.82) is 0 Å². The minimum atomic E-state index is 0.766. The van der Waals surface area contributed by atoms with Crippen molar-refractivity contribution in [2.45, 2.75) is 0 Å². The first-order valence-corrected chi connectivity index (χ1v) is 5.19. The lowest BCUT2D eigenvalue weighted by Gasteiger charge is -1.98. The van der Waals surface area contributed by atoms with E-state index in [2.05, 4.69) is 36.8 Å². The molecule has 1 aromatic heterocycles. The zero-order valence-electron chi connectivity index (χ0n) is 6.50. The van der Waals surface area contributed by atoms with Gasteiger partial charge in [0.25, 0.3) is 0 Å². The standard InChI is InChI=1S/C9H5Br2NO/c10-7-1-6(2-8(11)3-7)9-4-12-5-13-9/h1-5H. The molecule has 0 aliphatic rings. The van der Waals surface area contributed by atoms with Crippen molar-refractivity contribution in [2.24, 2.45) is 0 Å². The summed E-state index contributed by atoms with van der Waals surface area (Å²) < 4.78 is 7.19. The van der Waals surface area contributed by atoms with E-state index < -0.39 is 0 Å². The number of hydrogen-bond acceptors (Lipinski definition) is 2. The summed E-state index contributed by atoms with van der Waals surface area (Å²) in [6.07, 6.45) is 3.11. The molecule has 2 aromatic rings. The van der Waals surface area contributed by atoms with E-state index in [0.29, 0.717) is 0 Å². The number of benzene rings is 1. The zero-order chi connectivity index (χ0) is 9.26. The van der Waals surface area contributed by atoms with Gasteiger partial charge < -0.3 is 4.42 Å². The average Bonchev–Trinajstić information content (AvgIpc) is 2.53. The molecule has 0 unspecified atom stereocenters. The summed E-state index contributed by atoms with van der Waals surface area (Å²) in [5.74, 6) is 0.766. The highest BCUT2D eigenvalue weighted by Crippen LogP contribution is 2.27. The van der Waals surface area contributed by atoms with Crippen LogP contribution in [-0.4, -0.2) is 4.98 Å². The maximum atomic E-state index is 5.18. The van der Waals surface area contributed by atoms with E-state index in [1.54, 1.807) is 6.20 Å². The van der Waals surface area contributed by atoms with Gasteiger partial charge in [-0.1, -0.05) is 31.9 Å². The van der Waals surface area contributed by atoms with Crippen molar-refractivity contribution < 1.29 is 4.42 Å². The third kappa shape index (κ3) is 2.00. The molecule has 0 radical (unpaired) electrons. The largest absolute Gasteiger partial charge is 0.444 e. The lowest BCUT2D eigenvalue weighted by Crippen LogP contribution is -1.75. The molecule has 0 saturated heterocycles. The fraction of sp³-hybridized carbons (Fsp3) is 0. The highest BCUT2D eigenvalue weighted by molar-refractivity contribution is 9.11. The second kappa shape index (κ2) is 3.64. The molecule has 0 spiro atoms. The Kier molecular flexibility index (Phi) is 2.51. The molecule has 0 N–H and O–H groups in total. The van der Waals surface area contributed by atoms with Crippen molar-refractivity contribution in [3.63, 3.8) is 0 Å². The molecule has 0 amide bonds. The van der Waals surface area contributed by atoms with Crippen LogP contribution in [-0.2, 0) is 0 Å². The van der Waals surface area contributed by atoms with Crippen LogP contribution in [0.5, 0.6) is 0 Å². The quantitative estimate of drug-likeness (QED) is 0.799. The van der Waals surface area contributed by atoms with Gasteiger partial charge in [0.05, 0.1) is 6.20 Å². The monoisotopic (exact) mass is 301 g/mol. The Bertz CT molecular complexity index is 391. The Morgan fingerprint density at radius 3 is 2.31 bits per heavy atom. The van der Waals surface area contributed by atoms with Gasteiger partial charge in [-0.2, -0.15) is 0 Å². The average molecular weight is 303 g/mol. The van der Waals surface area contributed by atoms with Crippen LogP contribution in [0.1, 0.15) is 0 Å². The molecule has 0 saturated carbocycles. The van der Waals surface area contributed by atoms with Crippen LogP contribution in [0.25, 0.3) is 11.3 Å². The first-order chi connectivity index (χ1) is 6.25. The first-order valence-electron chi connectivity index (χ1n) is 3.60. The third-order valence-corrected chi connectivity index (χ3v) is 2.50. The lowest BCUT2D eigenvalue weighted by molar-refractivity contribution is 0.572. The highest BCUT2D eigenvalue weighted by atomic mass is 79.9. The molecule has 13 heavy (non-hydrogen) atoms. The van der Waals surface area contributed by atoms with Crippen molar-refractivity contribution >= 4 is 31.9 Å². The van der Waals surface area contributed by atoms with Crippen LogP contribution >= 0.6 is 31.9 Å². The van der Waals surface area contributed by atoms with E-state index in [4.69, 9.17) is 4.42 Å². The van der Waals surface area contributed by atoms with Crippen LogP contribution in [0.4, 0.5) is 0 Å². The highest BCUT2D eigenvalue weighted by Gasteiger charge is 2.03. The smallest absolute Gasteiger partial charge is 0.181 e. The second-order valence-corrected chi connectivity index (χ2v) is 4.36. The number of nitrogens with zero attached hydrogens (tertiary/aromatic N) is 1. The summed E-state index contributed by atoms with van der Waals surface area (Å²) >= 11 is 6.81. The summed E-state index contributed by atoms with van der Waals surface area (Å²) in [5.41, 5.74) is 0.999. The van der Waals surface area contributed by atoms with Gasteiger partial charge in [-0.25, -0.2) is 4.98 Å². The second-order valence-electron chi connectivity index (χ2n) is 2.52. The molecule has 2 rings (SSSR count). The van der Waals surface area contributed by atoms with E-state index in [1.165, 1.54) is 6.39 Å². The van der Waals surface area contributed by atoms with Gasteiger partial charge in [-0.15, -0.1) is 0 Å². The van der Waals surface area contributed by atoms with Gasteiger partial charge in [0.2, 0.25) is 0 Å². The van der Waals surface area contributed by atoms with E-state index in [1.807, 2.05) is 18.2 Å². The Labute approximate surface area is 92.2 Å². The lowest BCUT2D eigenvalue weighted by atomic mass is 10.2. The Morgan fingerprint density at radius 1 is 1.08 bits per heavy atom. The molecule has 0 bridgehead atoms. The Hall–Kier alpha value is -0.610. The van der Waals surface area contributed by atoms with Gasteiger partial charge in [0, 0.05) is 14.5 Å². The van der Waals surface area contributed by atoms with Crippen molar-refractivity contribution in [1.82, 2.24) is 4.98 Å². The van der Waals surface area contributed by atoms with Gasteiger partial charge in [0.15, 0.2) is 12.2 Å². The topological polar surface area (TPSA) is 26.0 Å². The normalized spacial score (nSPS) is 10.3. The van der Waals surface area contributed by atoms with Crippen LogP contribution in [0.3, 0.4) is 0 Å². The van der Waals surface area contributed by atoms with Crippen LogP contribution in [0, 0.1) is 0 Å². The van der Waals surface area contributed by atoms with Crippen LogP contribution in [0.15, 0.2) is 44.2 Å². The first kappa shape index (κ1) is 8.97. The molecule has 1 aromatic carbocycles. The molecule has 2 nitrogen and oxygen atoms in total. The van der Waals surface area contributed by atoms with E-state index >= 15 is 0 Å². The molecule has 0 aliphatic heterocycles. The van der Waals surface area contributed by atoms with Crippen molar-refractivity contribution in [2.75, 3.05) is 0 Å². The Balaban J connectivity index is 2.53. The number of halogens is 2. The SMILES string of the molecule is Brc1cc(Br)cc(-c2cnco2)c1. The van der Waals surface area contributed by atoms with E-state index in [0.717, 1.165) is 20.3 Å². The molecule has 0 atom stereocenters. The maximum Gasteiger partial charge on any atom is 0.181 e. The van der Waals surface area contributed by atoms with Gasteiger partial charge in [-0.3, -0.25) is 0 Å². The molecule has 0 fully saturated rings. The zero-order valence-corrected chi connectivity index (χ0v) is 9.67. The third-order valence-electron chi connectivity index (χ3n) is 1.58. The predicted molar refractivity (Wildman–Crippen MR) is 57.3 cm³/mol. The van der Waals surface area contributed by atoms with E-state index in [9.17, 15) is 0 Å². The van der Waals surface area contributed by atoms with Crippen molar-refractivity contribution in [3.8, 4) is 11.3 Å². The summed E-state index contributed by atoms with van der Waals surface area (Å²) in [6.45, 7) is 0. The molecule has 4 heteroatoms. The summed E-state index contributed by atoms with van der Waals surface area (Å²) in [4.78, 5) is 3.86. The number of hydrogen-bond donors (Lipinski definition) is 0. The van der Waals surface area contributed by atoms with Crippen LogP contribution in [0.2, 0.25) is 0 Å². The molecule has 1 heterocycles. The molecule has 0 aliphatic carbocycles. The van der Waals surface area contributed by atoms with Crippen LogP contribution < -0.4 is 0 Å². The summed E-state index contributed by atoms with van der Waals surface area (Å²) in [5, 5.41) is 0. The molecular formula is C9H5Br2NO. The summed E-state index contributed by atoms with van der Waals surface area (Å²) in [7, 11) is 0. The van der Waals surface area contributed by atoms with Gasteiger partial charge >= 0.3 is 0 Å². The Morgan fingerprint density at radius 2 is 1.77 bits per heavy atom. The molecular weight excluding hydrogens is 298 g/mol.